The summed E-state index contributed by atoms with van der Waals surface area (Å²) in [5, 5.41) is 18.6. The smallest absolute Gasteiger partial charge is 0.334 e. The number of hydrogen-bond acceptors (Lipinski definition) is 4. The van der Waals surface area contributed by atoms with E-state index in [9.17, 15) is 9.90 Å². The molecule has 0 saturated carbocycles. The molecule has 0 radical (unpaired) electrons. The Hall–Kier alpha value is -1.65. The van der Waals surface area contributed by atoms with Crippen molar-refractivity contribution in [2.45, 2.75) is 65.1 Å². The van der Waals surface area contributed by atoms with Crippen molar-refractivity contribution >= 4 is 5.97 Å². The molecule has 0 bridgehead atoms. The minimum absolute atomic E-state index is 0.0718. The third-order valence-corrected chi connectivity index (χ3v) is 4.30. The van der Waals surface area contributed by atoms with E-state index in [1.54, 1.807) is 13.0 Å². The fourth-order valence-electron chi connectivity index (χ4n) is 2.52. The standard InChI is InChI=1S/C20H30O4/c1-14(2)18(22)10-8-17-9-11-19(24-20(17)23)16(4)7-5-6-15(3)12-13-21/h7,9,12,18-19,21-22H,1,5-6,8,10-11,13H2,2-4H3. The van der Waals surface area contributed by atoms with Crippen molar-refractivity contribution in [1.82, 2.24) is 0 Å². The van der Waals surface area contributed by atoms with Crippen LogP contribution < -0.4 is 0 Å². The second kappa shape index (κ2) is 10.3. The lowest BCUT2D eigenvalue weighted by Crippen LogP contribution is -2.25. The lowest BCUT2D eigenvalue weighted by molar-refractivity contribution is -0.143. The number of esters is 1. The van der Waals surface area contributed by atoms with Crippen molar-refractivity contribution in [3.05, 3.63) is 47.1 Å². The quantitative estimate of drug-likeness (QED) is 0.499. The zero-order chi connectivity index (χ0) is 18.1. The van der Waals surface area contributed by atoms with Gasteiger partial charge in [0.2, 0.25) is 0 Å². The van der Waals surface area contributed by atoms with Crippen molar-refractivity contribution in [2.75, 3.05) is 6.61 Å². The Kier molecular flexibility index (Phi) is 8.72. The summed E-state index contributed by atoms with van der Waals surface area (Å²) < 4.78 is 5.52. The first-order valence-electron chi connectivity index (χ1n) is 8.51. The largest absolute Gasteiger partial charge is 0.454 e. The molecule has 1 rings (SSSR count). The number of rotatable bonds is 9. The van der Waals surface area contributed by atoms with Crippen LogP contribution in [0.3, 0.4) is 0 Å². The van der Waals surface area contributed by atoms with Gasteiger partial charge in [0.25, 0.3) is 0 Å². The highest BCUT2D eigenvalue weighted by Crippen LogP contribution is 2.24. The van der Waals surface area contributed by atoms with E-state index in [0.29, 0.717) is 30.4 Å². The van der Waals surface area contributed by atoms with Crippen LogP contribution in [-0.2, 0) is 9.53 Å². The van der Waals surface area contributed by atoms with Gasteiger partial charge in [0.05, 0.1) is 12.7 Å². The zero-order valence-electron chi connectivity index (χ0n) is 15.0. The zero-order valence-corrected chi connectivity index (χ0v) is 15.0. The molecule has 2 atom stereocenters. The van der Waals surface area contributed by atoms with Gasteiger partial charge in [-0.3, -0.25) is 0 Å². The molecule has 4 heteroatoms. The second-order valence-electron chi connectivity index (χ2n) is 6.48. The summed E-state index contributed by atoms with van der Waals surface area (Å²) in [5.41, 5.74) is 3.56. The SMILES string of the molecule is C=C(C)C(O)CCC1=CCC(C(C)=CCCC(C)=CCO)OC1=O. The van der Waals surface area contributed by atoms with E-state index in [-0.39, 0.29) is 18.7 Å². The third kappa shape index (κ3) is 6.85. The van der Waals surface area contributed by atoms with Crippen LogP contribution in [-0.4, -0.2) is 35.0 Å². The number of allylic oxidation sites excluding steroid dienone is 2. The normalized spacial score (nSPS) is 20.5. The van der Waals surface area contributed by atoms with E-state index in [4.69, 9.17) is 9.84 Å². The monoisotopic (exact) mass is 334 g/mol. The van der Waals surface area contributed by atoms with E-state index in [2.05, 4.69) is 12.7 Å². The Balaban J connectivity index is 2.52. The Labute approximate surface area is 145 Å². The van der Waals surface area contributed by atoms with Crippen LogP contribution in [0.25, 0.3) is 0 Å². The summed E-state index contributed by atoms with van der Waals surface area (Å²) in [7, 11) is 0. The lowest BCUT2D eigenvalue weighted by Gasteiger charge is -2.23. The van der Waals surface area contributed by atoms with Crippen molar-refractivity contribution in [3.8, 4) is 0 Å². The maximum Gasteiger partial charge on any atom is 0.334 e. The van der Waals surface area contributed by atoms with Crippen LogP contribution in [0.2, 0.25) is 0 Å². The highest BCUT2D eigenvalue weighted by atomic mass is 16.5. The molecule has 0 amide bonds. The van der Waals surface area contributed by atoms with Gasteiger partial charge in [-0.25, -0.2) is 4.79 Å². The Bertz CT molecular complexity index is 540. The molecule has 1 heterocycles. The molecule has 0 aromatic heterocycles. The summed E-state index contributed by atoms with van der Waals surface area (Å²) in [4.78, 5) is 12.1. The van der Waals surface area contributed by atoms with Gasteiger partial charge in [0.15, 0.2) is 0 Å². The fourth-order valence-corrected chi connectivity index (χ4v) is 2.52. The van der Waals surface area contributed by atoms with E-state index < -0.39 is 6.10 Å². The van der Waals surface area contributed by atoms with Crippen LogP contribution >= 0.6 is 0 Å². The molecular formula is C20H30O4. The molecule has 0 aliphatic carbocycles. The summed E-state index contributed by atoms with van der Waals surface area (Å²) in [6, 6.07) is 0. The van der Waals surface area contributed by atoms with E-state index in [0.717, 1.165) is 24.0 Å². The molecular weight excluding hydrogens is 304 g/mol. The minimum atomic E-state index is -0.576. The summed E-state index contributed by atoms with van der Waals surface area (Å²) >= 11 is 0. The van der Waals surface area contributed by atoms with Gasteiger partial charge < -0.3 is 14.9 Å². The van der Waals surface area contributed by atoms with Crippen LogP contribution in [0, 0.1) is 0 Å². The van der Waals surface area contributed by atoms with Gasteiger partial charge in [-0.1, -0.05) is 36.0 Å². The van der Waals surface area contributed by atoms with Crippen molar-refractivity contribution in [1.29, 1.82) is 0 Å². The van der Waals surface area contributed by atoms with Crippen molar-refractivity contribution in [2.24, 2.45) is 0 Å². The number of aliphatic hydroxyl groups excluding tert-OH is 2. The van der Waals surface area contributed by atoms with Gasteiger partial charge in [-0.2, -0.15) is 0 Å². The average Bonchev–Trinajstić information content (AvgIpc) is 2.53. The number of carbonyl (C=O) groups is 1. The molecule has 0 aromatic carbocycles. The van der Waals surface area contributed by atoms with E-state index in [1.165, 1.54) is 0 Å². The van der Waals surface area contributed by atoms with Crippen LogP contribution in [0.5, 0.6) is 0 Å². The molecule has 134 valence electrons. The Morgan fingerprint density at radius 1 is 1.42 bits per heavy atom. The molecule has 1 aliphatic rings. The molecule has 0 fully saturated rings. The maximum atomic E-state index is 12.1. The van der Waals surface area contributed by atoms with E-state index >= 15 is 0 Å². The second-order valence-corrected chi connectivity index (χ2v) is 6.48. The minimum Gasteiger partial charge on any atom is -0.454 e. The van der Waals surface area contributed by atoms with E-state index in [1.807, 2.05) is 19.9 Å². The van der Waals surface area contributed by atoms with Gasteiger partial charge in [-0.05, 0) is 52.0 Å². The predicted octanol–water partition coefficient (Wildman–Crippen LogP) is 3.61. The Morgan fingerprint density at radius 3 is 2.71 bits per heavy atom. The maximum absolute atomic E-state index is 12.1. The van der Waals surface area contributed by atoms with Gasteiger partial charge >= 0.3 is 5.97 Å². The number of carbonyl (C=O) groups excluding carboxylic acids is 1. The lowest BCUT2D eigenvalue weighted by atomic mass is 9.97. The molecule has 4 nitrogen and oxygen atoms in total. The fraction of sp³-hybridized carbons (Fsp3) is 0.550. The van der Waals surface area contributed by atoms with Gasteiger partial charge in [-0.15, -0.1) is 0 Å². The highest BCUT2D eigenvalue weighted by Gasteiger charge is 2.24. The summed E-state index contributed by atoms with van der Waals surface area (Å²) in [5.74, 6) is -0.288. The molecule has 0 spiro atoms. The molecule has 1 aliphatic heterocycles. The number of aliphatic hydroxyl groups is 2. The third-order valence-electron chi connectivity index (χ3n) is 4.30. The predicted molar refractivity (Wildman–Crippen MR) is 96.5 cm³/mol. The summed E-state index contributed by atoms with van der Waals surface area (Å²) in [6.45, 7) is 9.54. The van der Waals surface area contributed by atoms with Crippen molar-refractivity contribution < 1.29 is 19.7 Å². The molecule has 2 N–H and O–H groups in total. The molecule has 2 unspecified atom stereocenters. The van der Waals surface area contributed by atoms with Crippen LogP contribution in [0.15, 0.2) is 47.1 Å². The Morgan fingerprint density at radius 2 is 2.12 bits per heavy atom. The van der Waals surface area contributed by atoms with Gasteiger partial charge in [0.1, 0.15) is 6.10 Å². The van der Waals surface area contributed by atoms with Crippen LogP contribution in [0.1, 0.15) is 52.9 Å². The van der Waals surface area contributed by atoms with Gasteiger partial charge in [0, 0.05) is 12.0 Å². The first-order valence-corrected chi connectivity index (χ1v) is 8.51. The molecule has 24 heavy (non-hydrogen) atoms. The summed E-state index contributed by atoms with van der Waals surface area (Å²) in [6.07, 6.45) is 8.48. The molecule has 0 aromatic rings. The highest BCUT2D eigenvalue weighted by molar-refractivity contribution is 5.89. The van der Waals surface area contributed by atoms with Crippen molar-refractivity contribution in [3.63, 3.8) is 0 Å². The number of hydrogen-bond donors (Lipinski definition) is 2. The first-order chi connectivity index (χ1) is 11.3. The first kappa shape index (κ1) is 20.4. The number of cyclic esters (lactones) is 1. The number of ether oxygens (including phenoxy) is 1. The van der Waals surface area contributed by atoms with Crippen LogP contribution in [0.4, 0.5) is 0 Å². The molecule has 0 saturated heterocycles. The topological polar surface area (TPSA) is 66.8 Å². The average molecular weight is 334 g/mol.